The van der Waals surface area contributed by atoms with Gasteiger partial charge in [-0.05, 0) is 17.7 Å². The average molecular weight is 216 g/mol. The topological polar surface area (TPSA) is 58.3 Å². The maximum absolute atomic E-state index is 12.8. The van der Waals surface area contributed by atoms with E-state index in [-0.39, 0.29) is 6.54 Å². The Morgan fingerprint density at radius 3 is 2.67 bits per heavy atom. The molecule has 0 bridgehead atoms. The van der Waals surface area contributed by atoms with Gasteiger partial charge in [0.1, 0.15) is 0 Å². The molecule has 15 heavy (non-hydrogen) atoms. The Kier molecular flexibility index (Phi) is 4.61. The van der Waals surface area contributed by atoms with Crippen molar-refractivity contribution in [3.05, 3.63) is 35.4 Å². The monoisotopic (exact) mass is 216 g/mol. The third-order valence-electron chi connectivity index (χ3n) is 1.99. The largest absolute Gasteiger partial charge is 0.387 e. The van der Waals surface area contributed by atoms with Gasteiger partial charge in [-0.15, -0.1) is 0 Å². The first-order valence-electron chi connectivity index (χ1n) is 4.69. The van der Waals surface area contributed by atoms with E-state index in [1.165, 1.54) is 6.07 Å². The minimum absolute atomic E-state index is 0.266. The molecule has 0 aliphatic rings. The maximum Gasteiger partial charge on any atom is 0.159 e. The molecule has 0 saturated heterocycles. The van der Waals surface area contributed by atoms with Crippen LogP contribution in [0.2, 0.25) is 0 Å². The molecule has 0 heterocycles. The molecule has 3 nitrogen and oxygen atoms in total. The second-order valence-corrected chi connectivity index (χ2v) is 3.18. The van der Waals surface area contributed by atoms with Crippen LogP contribution in [-0.4, -0.2) is 24.7 Å². The first-order valence-corrected chi connectivity index (χ1v) is 4.69. The fourth-order valence-electron chi connectivity index (χ4n) is 1.18. The molecule has 1 rings (SSSR count). The van der Waals surface area contributed by atoms with Crippen LogP contribution in [0.15, 0.2) is 18.2 Å². The van der Waals surface area contributed by atoms with E-state index < -0.39 is 17.7 Å². The number of hydrogen-bond acceptors (Lipinski definition) is 3. The first-order chi connectivity index (χ1) is 7.15. The van der Waals surface area contributed by atoms with Crippen LogP contribution in [0.3, 0.4) is 0 Å². The van der Waals surface area contributed by atoms with E-state index in [0.717, 1.165) is 12.1 Å². The van der Waals surface area contributed by atoms with Gasteiger partial charge in [0.2, 0.25) is 0 Å². The van der Waals surface area contributed by atoms with Crippen LogP contribution in [0, 0.1) is 11.6 Å². The number of hydrogen-bond donors (Lipinski definition) is 3. The van der Waals surface area contributed by atoms with Crippen molar-refractivity contribution >= 4 is 0 Å². The Bertz CT molecular complexity index is 320. The van der Waals surface area contributed by atoms with E-state index in [9.17, 15) is 13.9 Å². The number of aliphatic hydroxyl groups is 1. The van der Waals surface area contributed by atoms with Crippen molar-refractivity contribution in [3.63, 3.8) is 0 Å². The van der Waals surface area contributed by atoms with E-state index in [4.69, 9.17) is 5.73 Å². The van der Waals surface area contributed by atoms with Crippen LogP contribution < -0.4 is 11.1 Å². The summed E-state index contributed by atoms with van der Waals surface area (Å²) in [5.41, 5.74) is 5.59. The normalized spacial score (nSPS) is 12.8. The van der Waals surface area contributed by atoms with Gasteiger partial charge in [-0.3, -0.25) is 0 Å². The van der Waals surface area contributed by atoms with E-state index in [2.05, 4.69) is 5.32 Å². The zero-order valence-electron chi connectivity index (χ0n) is 8.21. The number of benzene rings is 1. The Morgan fingerprint density at radius 1 is 1.33 bits per heavy atom. The third kappa shape index (κ3) is 3.54. The van der Waals surface area contributed by atoms with Gasteiger partial charge in [0.15, 0.2) is 11.6 Å². The predicted molar refractivity (Wildman–Crippen MR) is 53.2 cm³/mol. The van der Waals surface area contributed by atoms with Crippen molar-refractivity contribution in [2.24, 2.45) is 5.73 Å². The smallest absolute Gasteiger partial charge is 0.159 e. The van der Waals surface area contributed by atoms with Crippen molar-refractivity contribution in [2.75, 3.05) is 19.6 Å². The fraction of sp³-hybridized carbons (Fsp3) is 0.400. The molecule has 4 N–H and O–H groups in total. The maximum atomic E-state index is 12.8. The Labute approximate surface area is 86.9 Å². The molecule has 0 saturated carbocycles. The second kappa shape index (κ2) is 5.75. The van der Waals surface area contributed by atoms with Crippen LogP contribution in [0.25, 0.3) is 0 Å². The molecule has 0 aliphatic heterocycles. The summed E-state index contributed by atoms with van der Waals surface area (Å²) in [5.74, 6) is -1.87. The van der Waals surface area contributed by atoms with Crippen LogP contribution in [0.4, 0.5) is 8.78 Å². The summed E-state index contributed by atoms with van der Waals surface area (Å²) in [4.78, 5) is 0. The van der Waals surface area contributed by atoms with Gasteiger partial charge in [-0.25, -0.2) is 8.78 Å². The summed E-state index contributed by atoms with van der Waals surface area (Å²) in [5, 5.41) is 12.4. The Hall–Kier alpha value is -1.04. The molecule has 0 aliphatic carbocycles. The summed E-state index contributed by atoms with van der Waals surface area (Å²) in [6.45, 7) is 1.30. The molecule has 0 aromatic heterocycles. The molecule has 0 fully saturated rings. The van der Waals surface area contributed by atoms with E-state index >= 15 is 0 Å². The molecular formula is C10H14F2N2O. The van der Waals surface area contributed by atoms with Crippen molar-refractivity contribution < 1.29 is 13.9 Å². The minimum atomic E-state index is -0.953. The Balaban J connectivity index is 2.57. The van der Waals surface area contributed by atoms with Gasteiger partial charge in [0, 0.05) is 19.6 Å². The fourth-order valence-corrected chi connectivity index (χ4v) is 1.18. The zero-order valence-corrected chi connectivity index (χ0v) is 8.21. The highest BCUT2D eigenvalue weighted by Gasteiger charge is 2.09. The zero-order chi connectivity index (χ0) is 11.3. The van der Waals surface area contributed by atoms with Crippen molar-refractivity contribution in [3.8, 4) is 0 Å². The van der Waals surface area contributed by atoms with E-state index in [0.29, 0.717) is 18.7 Å². The summed E-state index contributed by atoms with van der Waals surface area (Å²) in [6, 6.07) is 3.34. The van der Waals surface area contributed by atoms with Gasteiger partial charge in [-0.2, -0.15) is 0 Å². The molecule has 5 heteroatoms. The number of nitrogens with two attached hydrogens (primary N) is 1. The quantitative estimate of drug-likeness (QED) is 0.630. The molecule has 0 radical (unpaired) electrons. The van der Waals surface area contributed by atoms with Crippen LogP contribution in [0.5, 0.6) is 0 Å². The van der Waals surface area contributed by atoms with Crippen molar-refractivity contribution in [2.45, 2.75) is 6.10 Å². The number of nitrogens with one attached hydrogen (secondary N) is 1. The molecule has 0 amide bonds. The van der Waals surface area contributed by atoms with Gasteiger partial charge in [0.25, 0.3) is 0 Å². The highest BCUT2D eigenvalue weighted by Crippen LogP contribution is 2.15. The lowest BCUT2D eigenvalue weighted by atomic mass is 10.1. The van der Waals surface area contributed by atoms with Crippen LogP contribution in [-0.2, 0) is 0 Å². The second-order valence-electron chi connectivity index (χ2n) is 3.18. The number of rotatable bonds is 5. The average Bonchev–Trinajstić information content (AvgIpc) is 2.22. The molecule has 84 valence electrons. The van der Waals surface area contributed by atoms with Crippen molar-refractivity contribution in [1.82, 2.24) is 5.32 Å². The highest BCUT2D eigenvalue weighted by atomic mass is 19.2. The molecule has 0 spiro atoms. The molecule has 1 aromatic carbocycles. The Morgan fingerprint density at radius 2 is 2.07 bits per heavy atom. The molecule has 1 unspecified atom stereocenters. The lowest BCUT2D eigenvalue weighted by Crippen LogP contribution is -2.27. The summed E-state index contributed by atoms with van der Waals surface area (Å²) >= 11 is 0. The van der Waals surface area contributed by atoms with Crippen LogP contribution in [0.1, 0.15) is 11.7 Å². The first kappa shape index (κ1) is 12.0. The number of halogens is 2. The molecule has 1 aromatic rings. The van der Waals surface area contributed by atoms with Gasteiger partial charge in [0.05, 0.1) is 6.10 Å². The van der Waals surface area contributed by atoms with E-state index in [1.54, 1.807) is 0 Å². The molecular weight excluding hydrogens is 202 g/mol. The standard InChI is InChI=1S/C10H14F2N2O/c11-8-2-1-7(5-9(8)12)10(15)6-14-4-3-13/h1-2,5,10,14-15H,3-4,6,13H2. The van der Waals surface area contributed by atoms with Crippen LogP contribution >= 0.6 is 0 Å². The van der Waals surface area contributed by atoms with E-state index in [1.807, 2.05) is 0 Å². The minimum Gasteiger partial charge on any atom is -0.387 e. The summed E-state index contributed by atoms with van der Waals surface area (Å²) in [6.07, 6.45) is -0.855. The third-order valence-corrected chi connectivity index (χ3v) is 1.99. The SMILES string of the molecule is NCCNCC(O)c1ccc(F)c(F)c1. The number of aliphatic hydroxyl groups excluding tert-OH is 1. The lowest BCUT2D eigenvalue weighted by molar-refractivity contribution is 0.174. The van der Waals surface area contributed by atoms with Gasteiger partial charge in [-0.1, -0.05) is 6.07 Å². The molecule has 1 atom stereocenters. The summed E-state index contributed by atoms with van der Waals surface area (Å²) in [7, 11) is 0. The predicted octanol–water partition coefficient (Wildman–Crippen LogP) is 0.546. The van der Waals surface area contributed by atoms with Gasteiger partial charge < -0.3 is 16.2 Å². The van der Waals surface area contributed by atoms with Gasteiger partial charge >= 0.3 is 0 Å². The lowest BCUT2D eigenvalue weighted by Gasteiger charge is -2.11. The summed E-state index contributed by atoms with van der Waals surface area (Å²) < 4.78 is 25.4. The highest BCUT2D eigenvalue weighted by molar-refractivity contribution is 5.20. The van der Waals surface area contributed by atoms with Crippen molar-refractivity contribution in [1.29, 1.82) is 0 Å².